The van der Waals surface area contributed by atoms with Crippen molar-refractivity contribution >= 4 is 15.8 Å². The second-order valence-electron chi connectivity index (χ2n) is 2.68. The van der Waals surface area contributed by atoms with Crippen LogP contribution in [0.3, 0.4) is 0 Å². The molecular weight excluding hydrogens is 218 g/mol. The Hall–Kier alpha value is -1.89. The molecule has 0 bridgehead atoms. The number of nitrogens with zero attached hydrogens (tertiary/aromatic N) is 2. The fourth-order valence-electron chi connectivity index (χ4n) is 0.968. The molecule has 0 aliphatic heterocycles. The molecule has 0 atom stereocenters. The van der Waals surface area contributed by atoms with Crippen LogP contribution in [0.4, 0.5) is 5.82 Å². The van der Waals surface area contributed by atoms with E-state index in [1.54, 1.807) is 0 Å². The standard InChI is InChI=1S/C8H7N3O3S/c12-15(13,7-2-1-4-9-6-7)11-8-3-5-14-10-8/h1-6H,(H,10,11). The Kier molecular flexibility index (Phi) is 2.38. The molecule has 0 spiro atoms. The predicted octanol–water partition coefficient (Wildman–Crippen LogP) is 0.870. The number of pyridine rings is 1. The smallest absolute Gasteiger partial charge is 0.264 e. The summed E-state index contributed by atoms with van der Waals surface area (Å²) in [6, 6.07) is 4.39. The van der Waals surface area contributed by atoms with Crippen LogP contribution in [0.15, 0.2) is 46.3 Å². The fraction of sp³-hybridized carbons (Fsp3) is 0. The van der Waals surface area contributed by atoms with E-state index in [1.165, 1.54) is 36.9 Å². The van der Waals surface area contributed by atoms with Crippen LogP contribution in [0.1, 0.15) is 0 Å². The van der Waals surface area contributed by atoms with Crippen LogP contribution in [0.5, 0.6) is 0 Å². The largest absolute Gasteiger partial charge is 0.363 e. The first-order valence-corrected chi connectivity index (χ1v) is 5.50. The lowest BCUT2D eigenvalue weighted by Gasteiger charge is -2.02. The molecule has 78 valence electrons. The van der Waals surface area contributed by atoms with Crippen LogP contribution in [0.2, 0.25) is 0 Å². The van der Waals surface area contributed by atoms with E-state index < -0.39 is 10.0 Å². The maximum Gasteiger partial charge on any atom is 0.264 e. The average Bonchev–Trinajstić information content (AvgIpc) is 2.71. The van der Waals surface area contributed by atoms with Crippen molar-refractivity contribution in [3.63, 3.8) is 0 Å². The highest BCUT2D eigenvalue weighted by molar-refractivity contribution is 7.92. The maximum atomic E-state index is 11.7. The Balaban J connectivity index is 2.29. The molecule has 0 fully saturated rings. The molecule has 0 amide bonds. The van der Waals surface area contributed by atoms with E-state index in [-0.39, 0.29) is 10.7 Å². The molecule has 15 heavy (non-hydrogen) atoms. The maximum absolute atomic E-state index is 11.7. The van der Waals surface area contributed by atoms with Crippen LogP contribution in [0.25, 0.3) is 0 Å². The molecule has 0 saturated carbocycles. The number of hydrogen-bond donors (Lipinski definition) is 1. The van der Waals surface area contributed by atoms with E-state index in [9.17, 15) is 8.42 Å². The first-order valence-electron chi connectivity index (χ1n) is 4.02. The van der Waals surface area contributed by atoms with E-state index in [2.05, 4.69) is 19.4 Å². The summed E-state index contributed by atoms with van der Waals surface area (Å²) in [5.74, 6) is 0.138. The summed E-state index contributed by atoms with van der Waals surface area (Å²) in [5.41, 5.74) is 0. The molecule has 0 radical (unpaired) electrons. The van der Waals surface area contributed by atoms with E-state index >= 15 is 0 Å². The average molecular weight is 225 g/mol. The molecule has 0 aliphatic rings. The minimum Gasteiger partial charge on any atom is -0.363 e. The van der Waals surface area contributed by atoms with E-state index in [0.29, 0.717) is 0 Å². The zero-order valence-corrected chi connectivity index (χ0v) is 8.31. The molecule has 2 aromatic heterocycles. The quantitative estimate of drug-likeness (QED) is 0.837. The van der Waals surface area contributed by atoms with Gasteiger partial charge in [-0.15, -0.1) is 0 Å². The third-order valence-corrected chi connectivity index (χ3v) is 2.96. The summed E-state index contributed by atoms with van der Waals surface area (Å²) in [4.78, 5) is 3.79. The molecule has 0 unspecified atom stereocenters. The van der Waals surface area contributed by atoms with Gasteiger partial charge in [0.05, 0.1) is 0 Å². The minimum atomic E-state index is -3.62. The second kappa shape index (κ2) is 3.70. The van der Waals surface area contributed by atoms with Gasteiger partial charge in [0.2, 0.25) is 0 Å². The molecule has 2 rings (SSSR count). The Morgan fingerprint density at radius 3 is 2.80 bits per heavy atom. The number of sulfonamides is 1. The van der Waals surface area contributed by atoms with Gasteiger partial charge < -0.3 is 4.52 Å². The Labute approximate surface area is 86.0 Å². The summed E-state index contributed by atoms with van der Waals surface area (Å²) in [6.45, 7) is 0. The van der Waals surface area contributed by atoms with Crippen molar-refractivity contribution in [2.75, 3.05) is 4.72 Å². The van der Waals surface area contributed by atoms with Gasteiger partial charge in [0, 0.05) is 18.5 Å². The molecule has 7 heteroatoms. The third kappa shape index (κ3) is 2.13. The molecule has 2 aromatic rings. The summed E-state index contributed by atoms with van der Waals surface area (Å²) in [6.07, 6.45) is 4.03. The van der Waals surface area contributed by atoms with Crippen LogP contribution < -0.4 is 4.72 Å². The third-order valence-electron chi connectivity index (χ3n) is 1.62. The van der Waals surface area contributed by atoms with Crippen molar-refractivity contribution in [1.82, 2.24) is 10.1 Å². The minimum absolute atomic E-state index is 0.0769. The summed E-state index contributed by atoms with van der Waals surface area (Å²) >= 11 is 0. The van der Waals surface area contributed by atoms with Crippen molar-refractivity contribution in [1.29, 1.82) is 0 Å². The number of rotatable bonds is 3. The first kappa shape index (κ1) is 9.66. The normalized spacial score (nSPS) is 11.2. The number of nitrogens with one attached hydrogen (secondary N) is 1. The van der Waals surface area contributed by atoms with E-state index in [1.807, 2.05) is 0 Å². The van der Waals surface area contributed by atoms with Crippen molar-refractivity contribution in [2.45, 2.75) is 4.90 Å². The summed E-state index contributed by atoms with van der Waals surface area (Å²) in [7, 11) is -3.62. The summed E-state index contributed by atoms with van der Waals surface area (Å²) < 4.78 is 30.1. The van der Waals surface area contributed by atoms with Gasteiger partial charge >= 0.3 is 0 Å². The Bertz CT molecular complexity index is 522. The lowest BCUT2D eigenvalue weighted by atomic mass is 10.5. The molecule has 1 N–H and O–H groups in total. The van der Waals surface area contributed by atoms with Crippen LogP contribution in [-0.4, -0.2) is 18.6 Å². The zero-order chi connectivity index (χ0) is 10.7. The fourth-order valence-corrected chi connectivity index (χ4v) is 1.92. The second-order valence-corrected chi connectivity index (χ2v) is 4.36. The Morgan fingerprint density at radius 1 is 1.33 bits per heavy atom. The monoisotopic (exact) mass is 225 g/mol. The number of hydrogen-bond acceptors (Lipinski definition) is 5. The molecule has 2 heterocycles. The van der Waals surface area contributed by atoms with Gasteiger partial charge in [-0.1, -0.05) is 5.16 Å². The SMILES string of the molecule is O=S(=O)(Nc1ccon1)c1cccnc1. The first-order chi connectivity index (χ1) is 7.18. The Morgan fingerprint density at radius 2 is 2.20 bits per heavy atom. The molecule has 6 nitrogen and oxygen atoms in total. The van der Waals surface area contributed by atoms with Gasteiger partial charge in [0.1, 0.15) is 11.2 Å². The van der Waals surface area contributed by atoms with Gasteiger partial charge in [-0.3, -0.25) is 9.71 Å². The van der Waals surface area contributed by atoms with Gasteiger partial charge in [-0.25, -0.2) is 8.42 Å². The van der Waals surface area contributed by atoms with Crippen molar-refractivity contribution in [2.24, 2.45) is 0 Å². The van der Waals surface area contributed by atoms with Crippen molar-refractivity contribution in [3.05, 3.63) is 36.9 Å². The van der Waals surface area contributed by atoms with Gasteiger partial charge in [0.25, 0.3) is 10.0 Å². The van der Waals surface area contributed by atoms with Crippen molar-refractivity contribution in [3.8, 4) is 0 Å². The van der Waals surface area contributed by atoms with Gasteiger partial charge in [-0.05, 0) is 12.1 Å². The highest BCUT2D eigenvalue weighted by Crippen LogP contribution is 2.12. The number of anilines is 1. The van der Waals surface area contributed by atoms with Crippen molar-refractivity contribution < 1.29 is 12.9 Å². The lowest BCUT2D eigenvalue weighted by molar-refractivity contribution is 0.423. The topological polar surface area (TPSA) is 85.1 Å². The lowest BCUT2D eigenvalue weighted by Crippen LogP contribution is -2.13. The highest BCUT2D eigenvalue weighted by Gasteiger charge is 2.14. The van der Waals surface area contributed by atoms with Gasteiger partial charge in [0.15, 0.2) is 5.82 Å². The van der Waals surface area contributed by atoms with Crippen LogP contribution in [-0.2, 0) is 10.0 Å². The van der Waals surface area contributed by atoms with Crippen LogP contribution >= 0.6 is 0 Å². The predicted molar refractivity (Wildman–Crippen MR) is 51.5 cm³/mol. The van der Waals surface area contributed by atoms with Crippen LogP contribution in [0, 0.1) is 0 Å². The number of aromatic nitrogens is 2. The zero-order valence-electron chi connectivity index (χ0n) is 7.49. The highest BCUT2D eigenvalue weighted by atomic mass is 32.2. The molecule has 0 aromatic carbocycles. The molecular formula is C8H7N3O3S. The van der Waals surface area contributed by atoms with E-state index in [4.69, 9.17) is 0 Å². The van der Waals surface area contributed by atoms with E-state index in [0.717, 1.165) is 0 Å². The summed E-state index contributed by atoms with van der Waals surface area (Å²) in [5, 5.41) is 3.44. The van der Waals surface area contributed by atoms with Gasteiger partial charge in [-0.2, -0.15) is 0 Å². The molecule has 0 aliphatic carbocycles. The molecule has 0 saturated heterocycles.